The fourth-order valence-electron chi connectivity index (χ4n) is 1.78. The van der Waals surface area contributed by atoms with Crippen molar-refractivity contribution in [3.8, 4) is 0 Å². The molecule has 0 saturated heterocycles. The summed E-state index contributed by atoms with van der Waals surface area (Å²) in [5.41, 5.74) is 5.62. The van der Waals surface area contributed by atoms with E-state index in [1.165, 1.54) is 6.20 Å². The van der Waals surface area contributed by atoms with Crippen LogP contribution in [0.2, 0.25) is 5.02 Å². The Bertz CT molecular complexity index is 745. The Balaban J connectivity index is 1.69. The van der Waals surface area contributed by atoms with Gasteiger partial charge in [0.1, 0.15) is 4.88 Å². The van der Waals surface area contributed by atoms with Gasteiger partial charge < -0.3 is 16.4 Å². The molecule has 3 amide bonds. The number of halogens is 1. The lowest BCUT2D eigenvalue weighted by atomic mass is 10.2. The molecule has 1 heterocycles. The highest BCUT2D eigenvalue weighted by atomic mass is 35.5. The Morgan fingerprint density at radius 1 is 1.21 bits per heavy atom. The molecule has 24 heavy (non-hydrogen) atoms. The highest BCUT2D eigenvalue weighted by Crippen LogP contribution is 2.17. The number of primary amides is 1. The summed E-state index contributed by atoms with van der Waals surface area (Å²) in [6.45, 7) is 0.360. The zero-order chi connectivity index (χ0) is 17.5. The topological polar surface area (TPSA) is 114 Å². The van der Waals surface area contributed by atoms with Gasteiger partial charge in [-0.25, -0.2) is 4.98 Å². The van der Waals surface area contributed by atoms with E-state index in [2.05, 4.69) is 15.6 Å². The Kier molecular flexibility index (Phi) is 6.28. The van der Waals surface area contributed by atoms with Crippen molar-refractivity contribution in [2.45, 2.75) is 12.8 Å². The van der Waals surface area contributed by atoms with Gasteiger partial charge in [0.2, 0.25) is 5.91 Å². The molecule has 126 valence electrons. The first-order valence-electron chi connectivity index (χ1n) is 7.05. The number of hydrogen-bond acceptors (Lipinski definition) is 5. The first kappa shape index (κ1) is 17.9. The molecular weight excluding hydrogens is 352 g/mol. The normalized spacial score (nSPS) is 10.2. The number of carbonyl (C=O) groups is 3. The predicted octanol–water partition coefficient (Wildman–Crippen LogP) is 2.04. The van der Waals surface area contributed by atoms with Crippen molar-refractivity contribution in [1.82, 2.24) is 10.3 Å². The first-order chi connectivity index (χ1) is 11.5. The Morgan fingerprint density at radius 2 is 1.92 bits per heavy atom. The van der Waals surface area contributed by atoms with Crippen LogP contribution >= 0.6 is 22.9 Å². The summed E-state index contributed by atoms with van der Waals surface area (Å²) in [7, 11) is 0. The highest BCUT2D eigenvalue weighted by Gasteiger charge is 2.10. The van der Waals surface area contributed by atoms with E-state index in [9.17, 15) is 14.4 Å². The Hall–Kier alpha value is -2.45. The molecular formula is C15H15ClN4O3S. The second kappa shape index (κ2) is 8.42. The molecule has 7 nitrogen and oxygen atoms in total. The minimum atomic E-state index is -0.585. The third-order valence-electron chi connectivity index (χ3n) is 2.97. The van der Waals surface area contributed by atoms with Crippen molar-refractivity contribution in [2.75, 3.05) is 11.9 Å². The molecule has 1 aromatic carbocycles. The zero-order valence-corrected chi connectivity index (χ0v) is 14.1. The number of nitrogens with one attached hydrogen (secondary N) is 2. The summed E-state index contributed by atoms with van der Waals surface area (Å²) >= 11 is 6.77. The van der Waals surface area contributed by atoms with Gasteiger partial charge in [0.15, 0.2) is 5.13 Å². The lowest BCUT2D eigenvalue weighted by Crippen LogP contribution is -2.25. The number of nitrogens with zero attached hydrogens (tertiary/aromatic N) is 1. The van der Waals surface area contributed by atoms with Gasteiger partial charge >= 0.3 is 0 Å². The van der Waals surface area contributed by atoms with Crippen LogP contribution in [0.3, 0.4) is 0 Å². The van der Waals surface area contributed by atoms with Gasteiger partial charge in [0.25, 0.3) is 11.8 Å². The number of aromatic nitrogens is 1. The molecule has 0 aliphatic rings. The smallest absolute Gasteiger partial charge is 0.260 e. The summed E-state index contributed by atoms with van der Waals surface area (Å²) in [5.74, 6) is -1.06. The van der Waals surface area contributed by atoms with E-state index in [0.29, 0.717) is 28.7 Å². The van der Waals surface area contributed by atoms with Crippen LogP contribution in [0.1, 0.15) is 32.9 Å². The largest absolute Gasteiger partial charge is 0.365 e. The molecule has 1 aromatic heterocycles. The predicted molar refractivity (Wildman–Crippen MR) is 92.3 cm³/mol. The summed E-state index contributed by atoms with van der Waals surface area (Å²) in [6.07, 6.45) is 2.00. The molecule has 0 aliphatic carbocycles. The molecule has 4 N–H and O–H groups in total. The molecule has 0 unspecified atom stereocenters. The number of thiazole rings is 1. The highest BCUT2D eigenvalue weighted by molar-refractivity contribution is 7.17. The number of amides is 3. The SMILES string of the molecule is NC(=O)c1cnc(NC(=O)CCCNC(=O)c2ccc(Cl)cc2)s1. The molecule has 0 radical (unpaired) electrons. The van der Waals surface area contributed by atoms with Gasteiger partial charge in [0, 0.05) is 23.6 Å². The van der Waals surface area contributed by atoms with Gasteiger partial charge in [-0.05, 0) is 30.7 Å². The van der Waals surface area contributed by atoms with Crippen LogP contribution in [-0.2, 0) is 4.79 Å². The third kappa shape index (κ3) is 5.32. The maximum absolute atomic E-state index is 11.9. The summed E-state index contributed by atoms with van der Waals surface area (Å²) in [4.78, 5) is 38.7. The number of nitrogens with two attached hydrogens (primary N) is 1. The van der Waals surface area contributed by atoms with Crippen molar-refractivity contribution >= 4 is 45.8 Å². The van der Waals surface area contributed by atoms with E-state index in [-0.39, 0.29) is 23.1 Å². The summed E-state index contributed by atoms with van der Waals surface area (Å²) in [6, 6.07) is 6.53. The van der Waals surface area contributed by atoms with Crippen molar-refractivity contribution in [3.63, 3.8) is 0 Å². The minimum Gasteiger partial charge on any atom is -0.365 e. The lowest BCUT2D eigenvalue weighted by molar-refractivity contribution is -0.116. The van der Waals surface area contributed by atoms with Gasteiger partial charge in [0.05, 0.1) is 6.20 Å². The van der Waals surface area contributed by atoms with Gasteiger partial charge in [-0.2, -0.15) is 0 Å². The molecule has 0 bridgehead atoms. The summed E-state index contributed by atoms with van der Waals surface area (Å²) in [5, 5.41) is 6.18. The van der Waals surface area contributed by atoms with Crippen molar-refractivity contribution in [1.29, 1.82) is 0 Å². The van der Waals surface area contributed by atoms with Crippen molar-refractivity contribution in [3.05, 3.63) is 45.9 Å². The Labute approximate surface area is 147 Å². The van der Waals surface area contributed by atoms with Crippen molar-refractivity contribution < 1.29 is 14.4 Å². The van der Waals surface area contributed by atoms with Gasteiger partial charge in [-0.3, -0.25) is 14.4 Å². The fourth-order valence-corrected chi connectivity index (χ4v) is 2.59. The molecule has 0 spiro atoms. The number of benzene rings is 1. The minimum absolute atomic E-state index is 0.215. The van der Waals surface area contributed by atoms with E-state index in [4.69, 9.17) is 17.3 Å². The lowest BCUT2D eigenvalue weighted by Gasteiger charge is -2.05. The van der Waals surface area contributed by atoms with Crippen LogP contribution in [-0.4, -0.2) is 29.3 Å². The van der Waals surface area contributed by atoms with E-state index < -0.39 is 5.91 Å². The Morgan fingerprint density at radius 3 is 2.54 bits per heavy atom. The third-order valence-corrected chi connectivity index (χ3v) is 4.15. The average Bonchev–Trinajstić information content (AvgIpc) is 3.00. The maximum atomic E-state index is 11.9. The number of anilines is 1. The molecule has 0 fully saturated rings. The van der Waals surface area contributed by atoms with E-state index in [0.717, 1.165) is 11.3 Å². The average molecular weight is 367 g/mol. The second-order valence-corrected chi connectivity index (χ2v) is 6.28. The second-order valence-electron chi connectivity index (χ2n) is 4.81. The van der Waals surface area contributed by atoms with Gasteiger partial charge in [-0.15, -0.1) is 0 Å². The van der Waals surface area contributed by atoms with Crippen molar-refractivity contribution in [2.24, 2.45) is 5.73 Å². The summed E-state index contributed by atoms with van der Waals surface area (Å²) < 4.78 is 0. The molecule has 2 aromatic rings. The maximum Gasteiger partial charge on any atom is 0.260 e. The van der Waals surface area contributed by atoms with Crippen LogP contribution < -0.4 is 16.4 Å². The van der Waals surface area contributed by atoms with Crippen LogP contribution in [0.5, 0.6) is 0 Å². The van der Waals surface area contributed by atoms with Crippen LogP contribution in [0.4, 0.5) is 5.13 Å². The van der Waals surface area contributed by atoms with Crippen LogP contribution in [0.25, 0.3) is 0 Å². The quantitative estimate of drug-likeness (QED) is 0.650. The van der Waals surface area contributed by atoms with E-state index in [1.54, 1.807) is 24.3 Å². The van der Waals surface area contributed by atoms with Gasteiger partial charge in [-0.1, -0.05) is 22.9 Å². The van der Waals surface area contributed by atoms with E-state index >= 15 is 0 Å². The molecule has 0 atom stereocenters. The monoisotopic (exact) mass is 366 g/mol. The number of carbonyl (C=O) groups excluding carboxylic acids is 3. The zero-order valence-electron chi connectivity index (χ0n) is 12.5. The van der Waals surface area contributed by atoms with E-state index in [1.807, 2.05) is 0 Å². The first-order valence-corrected chi connectivity index (χ1v) is 8.24. The standard InChI is InChI=1S/C15H15ClN4O3S/c16-10-5-3-9(4-6-10)14(23)18-7-1-2-12(21)20-15-19-8-11(24-15)13(17)22/h3-6,8H,1-2,7H2,(H2,17,22)(H,18,23)(H,19,20,21). The molecule has 0 saturated carbocycles. The van der Waals surface area contributed by atoms with Crippen LogP contribution in [0, 0.1) is 0 Å². The molecule has 0 aliphatic heterocycles. The molecule has 2 rings (SSSR count). The molecule has 9 heteroatoms. The number of rotatable bonds is 7. The fraction of sp³-hybridized carbons (Fsp3) is 0.200. The number of hydrogen-bond donors (Lipinski definition) is 3. The van der Waals surface area contributed by atoms with Crippen LogP contribution in [0.15, 0.2) is 30.5 Å².